The Bertz CT molecular complexity index is 2130. The third kappa shape index (κ3) is 7.66. The molecular weight excluding hydrogens is 620 g/mol. The molecule has 0 fully saturated rings. The van der Waals surface area contributed by atoms with E-state index in [1.165, 1.54) is 4.90 Å². The predicted molar refractivity (Wildman–Crippen MR) is 185 cm³/mol. The van der Waals surface area contributed by atoms with Gasteiger partial charge in [-0.05, 0) is 62.8 Å². The minimum atomic E-state index is -1.09. The molecule has 0 radical (unpaired) electrons. The minimum absolute atomic E-state index is 0.0327. The maximum absolute atomic E-state index is 14.7. The van der Waals surface area contributed by atoms with Gasteiger partial charge in [0.1, 0.15) is 12.0 Å². The van der Waals surface area contributed by atoms with E-state index in [0.29, 0.717) is 5.56 Å². The number of benzene rings is 5. The molecule has 248 valence electrons. The van der Waals surface area contributed by atoms with Gasteiger partial charge in [-0.2, -0.15) is 4.98 Å². The Kier molecular flexibility index (Phi) is 10.1. The molecule has 0 aliphatic rings. The van der Waals surface area contributed by atoms with E-state index in [9.17, 15) is 14.4 Å². The number of nitrogens with two attached hydrogens (primary N) is 1. The number of fused-ring (bicyclic) bond motifs is 2. The molecule has 0 aliphatic heterocycles. The second-order valence-electron chi connectivity index (χ2n) is 11.8. The first kappa shape index (κ1) is 33.0. The number of carbonyl (C=O) groups is 3. The van der Waals surface area contributed by atoms with E-state index >= 15 is 0 Å². The van der Waals surface area contributed by atoms with Gasteiger partial charge >= 0.3 is 12.2 Å². The van der Waals surface area contributed by atoms with Crippen molar-refractivity contribution < 1.29 is 28.4 Å². The van der Waals surface area contributed by atoms with Crippen LogP contribution in [0.1, 0.15) is 45.9 Å². The lowest BCUT2D eigenvalue weighted by molar-refractivity contribution is -0.135. The Morgan fingerprint density at radius 2 is 1.41 bits per heavy atom. The molecule has 5 aromatic carbocycles. The van der Waals surface area contributed by atoms with Crippen molar-refractivity contribution in [2.75, 3.05) is 13.7 Å². The van der Waals surface area contributed by atoms with E-state index in [-0.39, 0.29) is 43.7 Å². The number of Topliss-reactive ketones (excluding diaryl/α,β-unsaturated/α-hetero) is 1. The van der Waals surface area contributed by atoms with E-state index in [1.54, 1.807) is 32.2 Å². The fourth-order valence-corrected chi connectivity index (χ4v) is 5.94. The standard InChI is InChI=1S/C39H36N4O6/c1-3-47-39(46)48-38-41-36(49-42-38)34(23-26-16-18-29-11-5-7-13-31(29)20-26)43(2)37(45)33(35(44)32-14-8-9-27(21-32)24-40)22-25-15-17-28-10-4-6-12-30(28)19-25/h4-21,33-34H,3,22-24,40H2,1-2H3. The Morgan fingerprint density at radius 1 is 0.776 bits per heavy atom. The van der Waals surface area contributed by atoms with Gasteiger partial charge in [0.15, 0.2) is 5.78 Å². The number of rotatable bonds is 12. The number of aromatic nitrogens is 2. The minimum Gasteiger partial charge on any atom is -0.434 e. The summed E-state index contributed by atoms with van der Waals surface area (Å²) >= 11 is 0. The van der Waals surface area contributed by atoms with E-state index in [1.807, 2.05) is 91.0 Å². The monoisotopic (exact) mass is 656 g/mol. The van der Waals surface area contributed by atoms with Gasteiger partial charge < -0.3 is 24.6 Å². The van der Waals surface area contributed by atoms with Crippen LogP contribution in [0.3, 0.4) is 0 Å². The number of nitrogens with zero attached hydrogens (tertiary/aromatic N) is 3. The summed E-state index contributed by atoms with van der Waals surface area (Å²) in [6.45, 7) is 2.00. The third-order valence-corrected chi connectivity index (χ3v) is 8.52. The van der Waals surface area contributed by atoms with Gasteiger partial charge in [0.05, 0.1) is 6.61 Å². The van der Waals surface area contributed by atoms with E-state index in [2.05, 4.69) is 10.1 Å². The first-order valence-corrected chi connectivity index (χ1v) is 16.1. The maximum Gasteiger partial charge on any atom is 0.516 e. The first-order chi connectivity index (χ1) is 23.8. The van der Waals surface area contributed by atoms with Crippen molar-refractivity contribution in [2.45, 2.75) is 32.4 Å². The van der Waals surface area contributed by atoms with E-state index in [4.69, 9.17) is 19.7 Å². The van der Waals surface area contributed by atoms with Gasteiger partial charge in [-0.15, -0.1) is 0 Å². The molecule has 0 bridgehead atoms. The summed E-state index contributed by atoms with van der Waals surface area (Å²) in [6.07, 6.45) is -0.553. The molecule has 1 heterocycles. The lowest BCUT2D eigenvalue weighted by Gasteiger charge is -2.29. The van der Waals surface area contributed by atoms with Crippen molar-refractivity contribution in [3.63, 3.8) is 0 Å². The van der Waals surface area contributed by atoms with Crippen LogP contribution in [0.5, 0.6) is 6.01 Å². The van der Waals surface area contributed by atoms with Gasteiger partial charge in [-0.3, -0.25) is 9.59 Å². The summed E-state index contributed by atoms with van der Waals surface area (Å²) in [6, 6.07) is 33.7. The second-order valence-corrected chi connectivity index (χ2v) is 11.8. The van der Waals surface area contributed by atoms with Gasteiger partial charge in [-0.25, -0.2) is 4.79 Å². The summed E-state index contributed by atoms with van der Waals surface area (Å²) in [5.74, 6) is -1.82. The molecule has 0 spiro atoms. The number of ether oxygens (including phenoxy) is 2. The Hall–Kier alpha value is -5.87. The lowest BCUT2D eigenvalue weighted by Crippen LogP contribution is -2.41. The molecule has 2 unspecified atom stereocenters. The number of hydrogen-bond acceptors (Lipinski definition) is 9. The van der Waals surface area contributed by atoms with Gasteiger partial charge in [-0.1, -0.05) is 103 Å². The molecule has 1 amide bonds. The van der Waals surface area contributed by atoms with Gasteiger partial charge in [0.25, 0.3) is 5.89 Å². The van der Waals surface area contributed by atoms with Crippen LogP contribution in [-0.2, 0) is 28.9 Å². The van der Waals surface area contributed by atoms with E-state index < -0.39 is 24.0 Å². The Morgan fingerprint density at radius 3 is 2.04 bits per heavy atom. The van der Waals surface area contributed by atoms with Crippen LogP contribution < -0.4 is 10.5 Å². The number of ketones is 1. The fourth-order valence-electron chi connectivity index (χ4n) is 5.94. The zero-order valence-corrected chi connectivity index (χ0v) is 27.2. The highest BCUT2D eigenvalue weighted by Gasteiger charge is 2.36. The van der Waals surface area contributed by atoms with Gasteiger partial charge in [0.2, 0.25) is 5.91 Å². The number of carbonyl (C=O) groups excluding carboxylic acids is 3. The largest absolute Gasteiger partial charge is 0.516 e. The molecule has 10 nitrogen and oxygen atoms in total. The van der Waals surface area contributed by atoms with Crippen molar-refractivity contribution in [2.24, 2.45) is 11.7 Å². The summed E-state index contributed by atoms with van der Waals surface area (Å²) < 4.78 is 15.5. The molecule has 2 atom stereocenters. The average Bonchev–Trinajstić information content (AvgIpc) is 3.59. The summed E-state index contributed by atoms with van der Waals surface area (Å²) in [5.41, 5.74) is 8.79. The zero-order valence-electron chi connectivity index (χ0n) is 27.2. The molecule has 0 saturated heterocycles. The highest BCUT2D eigenvalue weighted by atomic mass is 16.7. The van der Waals surface area contributed by atoms with Crippen LogP contribution in [0.4, 0.5) is 4.79 Å². The SMILES string of the molecule is CCOC(=O)Oc1noc(C(Cc2ccc3ccccc3c2)N(C)C(=O)C(Cc2ccc3ccccc3c2)C(=O)c2cccc(CN)c2)n1. The van der Waals surface area contributed by atoms with E-state index in [0.717, 1.165) is 38.2 Å². The molecule has 49 heavy (non-hydrogen) atoms. The second kappa shape index (κ2) is 14.9. The molecule has 2 N–H and O–H groups in total. The molecule has 1 aromatic heterocycles. The predicted octanol–water partition coefficient (Wildman–Crippen LogP) is 6.85. The first-order valence-electron chi connectivity index (χ1n) is 16.1. The fraction of sp³-hybridized carbons (Fsp3) is 0.205. The molecule has 0 saturated carbocycles. The van der Waals surface area contributed by atoms with Crippen molar-refractivity contribution in [3.8, 4) is 6.01 Å². The van der Waals surface area contributed by atoms with Crippen LogP contribution in [0.15, 0.2) is 114 Å². The molecule has 0 aliphatic carbocycles. The van der Waals surface area contributed by atoms with Crippen LogP contribution in [0.25, 0.3) is 21.5 Å². The molecule has 6 rings (SSSR count). The van der Waals surface area contributed by atoms with Crippen molar-refractivity contribution in [3.05, 3.63) is 137 Å². The molecule has 10 heteroatoms. The quantitative estimate of drug-likeness (QED) is 0.0851. The van der Waals surface area contributed by atoms with Gasteiger partial charge in [0, 0.05) is 25.6 Å². The normalized spacial score (nSPS) is 12.4. The van der Waals surface area contributed by atoms with Crippen LogP contribution in [-0.4, -0.2) is 46.5 Å². The van der Waals surface area contributed by atoms with Crippen molar-refractivity contribution >= 4 is 39.4 Å². The number of amides is 1. The van der Waals surface area contributed by atoms with Crippen molar-refractivity contribution in [1.29, 1.82) is 0 Å². The molecular formula is C39H36N4O6. The third-order valence-electron chi connectivity index (χ3n) is 8.52. The average molecular weight is 657 g/mol. The Balaban J connectivity index is 1.37. The summed E-state index contributed by atoms with van der Waals surface area (Å²) in [7, 11) is 1.61. The van der Waals surface area contributed by atoms with Crippen LogP contribution in [0, 0.1) is 5.92 Å². The smallest absolute Gasteiger partial charge is 0.434 e. The summed E-state index contributed by atoms with van der Waals surface area (Å²) in [5, 5.41) is 7.96. The highest BCUT2D eigenvalue weighted by Crippen LogP contribution is 2.30. The topological polar surface area (TPSA) is 138 Å². The number of hydrogen-bond donors (Lipinski definition) is 1. The molecule has 6 aromatic rings. The maximum atomic E-state index is 14.7. The lowest BCUT2D eigenvalue weighted by atomic mass is 9.88. The summed E-state index contributed by atoms with van der Waals surface area (Å²) in [4.78, 5) is 46.7. The zero-order chi connectivity index (χ0) is 34.3. The Labute approximate surface area is 283 Å². The van der Waals surface area contributed by atoms with Crippen LogP contribution in [0.2, 0.25) is 0 Å². The highest BCUT2D eigenvalue weighted by molar-refractivity contribution is 6.10. The van der Waals surface area contributed by atoms with Crippen molar-refractivity contribution in [1.82, 2.24) is 15.0 Å². The van der Waals surface area contributed by atoms with Crippen LogP contribution >= 0.6 is 0 Å². The number of likely N-dealkylation sites (N-methyl/N-ethyl adjacent to an activating group) is 1.